The van der Waals surface area contributed by atoms with Crippen LogP contribution in [0.5, 0.6) is 0 Å². The highest BCUT2D eigenvalue weighted by Crippen LogP contribution is 2.27. The zero-order valence-corrected chi connectivity index (χ0v) is 11.5. The molecule has 3 aromatic rings. The number of nitrogens with two attached hydrogens (primary N) is 1. The lowest BCUT2D eigenvalue weighted by molar-refractivity contribution is 1.08. The molecule has 0 saturated heterocycles. The van der Waals surface area contributed by atoms with E-state index in [1.807, 2.05) is 24.3 Å². The number of halogens is 2. The highest BCUT2D eigenvalue weighted by atomic mass is 79.9. The van der Waals surface area contributed by atoms with Crippen LogP contribution in [0.3, 0.4) is 0 Å². The average Bonchev–Trinajstić information content (AvgIpc) is 2.65. The second-order valence-corrected chi connectivity index (χ2v) is 5.04. The molecule has 18 heavy (non-hydrogen) atoms. The van der Waals surface area contributed by atoms with Crippen molar-refractivity contribution in [2.75, 3.05) is 5.73 Å². The lowest BCUT2D eigenvalue weighted by atomic mass is 10.3. The maximum Gasteiger partial charge on any atom is 0.207 e. The summed E-state index contributed by atoms with van der Waals surface area (Å²) in [4.78, 5) is 8.55. The van der Waals surface area contributed by atoms with E-state index >= 15 is 0 Å². The van der Waals surface area contributed by atoms with Crippen LogP contribution in [0.15, 0.2) is 41.0 Å². The summed E-state index contributed by atoms with van der Waals surface area (Å²) < 4.78 is 2.71. The first-order chi connectivity index (χ1) is 8.66. The molecule has 0 bridgehead atoms. The first-order valence-corrected chi connectivity index (χ1v) is 6.38. The third-order valence-corrected chi connectivity index (χ3v) is 3.46. The van der Waals surface area contributed by atoms with Gasteiger partial charge in [-0.3, -0.25) is 4.57 Å². The van der Waals surface area contributed by atoms with Crippen molar-refractivity contribution in [3.8, 4) is 5.69 Å². The maximum atomic E-state index is 5.95. The number of nitrogen functional groups attached to an aromatic ring is 1. The zero-order chi connectivity index (χ0) is 12.7. The molecule has 0 aliphatic heterocycles. The van der Waals surface area contributed by atoms with Gasteiger partial charge in [-0.1, -0.05) is 23.7 Å². The van der Waals surface area contributed by atoms with Crippen LogP contribution in [0.25, 0.3) is 16.9 Å². The Balaban J connectivity index is 2.36. The number of para-hydroxylation sites is 1. The number of imidazole rings is 1. The predicted molar refractivity (Wildman–Crippen MR) is 76.0 cm³/mol. The number of nitrogens with zero attached hydrogens (tertiary/aromatic N) is 3. The van der Waals surface area contributed by atoms with Crippen molar-refractivity contribution in [2.24, 2.45) is 0 Å². The predicted octanol–water partition coefficient (Wildman–Crippen LogP) is 3.42. The summed E-state index contributed by atoms with van der Waals surface area (Å²) in [7, 11) is 0. The van der Waals surface area contributed by atoms with E-state index in [1.54, 1.807) is 16.8 Å². The van der Waals surface area contributed by atoms with Gasteiger partial charge in [0.05, 0.1) is 10.7 Å². The molecule has 3 rings (SSSR count). The fourth-order valence-corrected chi connectivity index (χ4v) is 2.44. The van der Waals surface area contributed by atoms with E-state index < -0.39 is 0 Å². The van der Waals surface area contributed by atoms with E-state index in [4.69, 9.17) is 17.3 Å². The highest BCUT2D eigenvalue weighted by molar-refractivity contribution is 9.10. The number of benzene rings is 1. The molecule has 0 radical (unpaired) electrons. The number of rotatable bonds is 1. The van der Waals surface area contributed by atoms with Crippen molar-refractivity contribution in [3.63, 3.8) is 0 Å². The van der Waals surface area contributed by atoms with Crippen molar-refractivity contribution in [2.45, 2.75) is 0 Å². The summed E-state index contributed by atoms with van der Waals surface area (Å²) in [5, 5.41) is 0.541. The van der Waals surface area contributed by atoms with Gasteiger partial charge in [-0.25, -0.2) is 9.97 Å². The third kappa shape index (κ3) is 1.76. The van der Waals surface area contributed by atoms with Crippen LogP contribution in [0, 0.1) is 0 Å². The van der Waals surface area contributed by atoms with E-state index in [9.17, 15) is 0 Å². The molecule has 1 aromatic carbocycles. The highest BCUT2D eigenvalue weighted by Gasteiger charge is 2.13. The van der Waals surface area contributed by atoms with Gasteiger partial charge in [-0.2, -0.15) is 0 Å². The molecule has 2 N–H and O–H groups in total. The Labute approximate surface area is 117 Å². The van der Waals surface area contributed by atoms with Gasteiger partial charge in [-0.15, -0.1) is 0 Å². The number of fused-ring (bicyclic) bond motifs is 1. The van der Waals surface area contributed by atoms with Crippen molar-refractivity contribution in [3.05, 3.63) is 46.0 Å². The summed E-state index contributed by atoms with van der Waals surface area (Å²) in [5.74, 6) is 0.381. The maximum absolute atomic E-state index is 5.95. The van der Waals surface area contributed by atoms with Crippen LogP contribution in [-0.2, 0) is 0 Å². The van der Waals surface area contributed by atoms with Gasteiger partial charge in [0.25, 0.3) is 0 Å². The molecule has 2 aromatic heterocycles. The molecule has 0 unspecified atom stereocenters. The van der Waals surface area contributed by atoms with Gasteiger partial charge >= 0.3 is 0 Å². The molecule has 0 saturated carbocycles. The Kier molecular flexibility index (Phi) is 2.72. The number of anilines is 1. The molecule has 6 heteroatoms. The molecule has 4 nitrogen and oxygen atoms in total. The SMILES string of the molecule is Nc1nc2cc(Cl)cnc2n1-c1ccccc1Br. The summed E-state index contributed by atoms with van der Waals surface area (Å²) in [6.07, 6.45) is 1.58. The topological polar surface area (TPSA) is 56.7 Å². The molecule has 2 heterocycles. The van der Waals surface area contributed by atoms with E-state index in [0.717, 1.165) is 10.2 Å². The molecule has 0 aliphatic carbocycles. The van der Waals surface area contributed by atoms with Gasteiger partial charge in [0.2, 0.25) is 5.95 Å². The number of hydrogen-bond donors (Lipinski definition) is 1. The van der Waals surface area contributed by atoms with E-state index in [1.165, 1.54) is 0 Å². The van der Waals surface area contributed by atoms with Crippen LogP contribution in [0.1, 0.15) is 0 Å². The average molecular weight is 324 g/mol. The van der Waals surface area contributed by atoms with Gasteiger partial charge < -0.3 is 5.73 Å². The Hall–Kier alpha value is -1.59. The van der Waals surface area contributed by atoms with Crippen LogP contribution < -0.4 is 5.73 Å². The van der Waals surface area contributed by atoms with Crippen molar-refractivity contribution in [1.29, 1.82) is 0 Å². The summed E-state index contributed by atoms with van der Waals surface area (Å²) in [6, 6.07) is 9.50. The Morgan fingerprint density at radius 3 is 2.83 bits per heavy atom. The second kappa shape index (κ2) is 4.26. The number of hydrogen-bond acceptors (Lipinski definition) is 3. The second-order valence-electron chi connectivity index (χ2n) is 3.75. The van der Waals surface area contributed by atoms with Crippen LogP contribution >= 0.6 is 27.5 Å². The van der Waals surface area contributed by atoms with E-state index in [-0.39, 0.29) is 0 Å². The Morgan fingerprint density at radius 1 is 1.28 bits per heavy atom. The third-order valence-electron chi connectivity index (χ3n) is 2.58. The van der Waals surface area contributed by atoms with Gasteiger partial charge in [0.1, 0.15) is 5.52 Å². The van der Waals surface area contributed by atoms with Crippen molar-refractivity contribution in [1.82, 2.24) is 14.5 Å². The molecule has 0 fully saturated rings. The zero-order valence-electron chi connectivity index (χ0n) is 9.14. The molecule has 0 spiro atoms. The van der Waals surface area contributed by atoms with Crippen LogP contribution in [0.2, 0.25) is 5.02 Å². The quantitative estimate of drug-likeness (QED) is 0.746. The molecule has 0 amide bonds. The van der Waals surface area contributed by atoms with Gasteiger partial charge in [0, 0.05) is 10.7 Å². The lowest BCUT2D eigenvalue weighted by Crippen LogP contribution is -2.01. The Morgan fingerprint density at radius 2 is 2.06 bits per heavy atom. The van der Waals surface area contributed by atoms with E-state index in [2.05, 4.69) is 25.9 Å². The first kappa shape index (κ1) is 11.5. The summed E-state index contributed by atoms with van der Waals surface area (Å²) >= 11 is 9.39. The smallest absolute Gasteiger partial charge is 0.207 e. The summed E-state index contributed by atoms with van der Waals surface area (Å²) in [6.45, 7) is 0. The van der Waals surface area contributed by atoms with Gasteiger partial charge in [-0.05, 0) is 34.1 Å². The minimum atomic E-state index is 0.381. The first-order valence-electron chi connectivity index (χ1n) is 5.21. The molecule has 90 valence electrons. The standard InChI is InChI=1S/C12H8BrClN4/c13-8-3-1-2-4-10(8)18-11-9(17-12(18)15)5-7(14)6-16-11/h1-6H,(H2,15,17). The largest absolute Gasteiger partial charge is 0.369 e. The number of aromatic nitrogens is 3. The monoisotopic (exact) mass is 322 g/mol. The molecule has 0 aliphatic rings. The summed E-state index contributed by atoms with van der Waals surface area (Å²) in [5.41, 5.74) is 8.21. The molecular weight excluding hydrogens is 316 g/mol. The fraction of sp³-hybridized carbons (Fsp3) is 0. The van der Waals surface area contributed by atoms with Crippen LogP contribution in [-0.4, -0.2) is 14.5 Å². The number of pyridine rings is 1. The lowest BCUT2D eigenvalue weighted by Gasteiger charge is -2.07. The fourth-order valence-electron chi connectivity index (χ4n) is 1.83. The minimum Gasteiger partial charge on any atom is -0.369 e. The normalized spacial score (nSPS) is 11.0. The molecule has 0 atom stereocenters. The van der Waals surface area contributed by atoms with Crippen molar-refractivity contribution < 1.29 is 0 Å². The Bertz CT molecular complexity index is 738. The van der Waals surface area contributed by atoms with Crippen molar-refractivity contribution >= 4 is 44.6 Å². The van der Waals surface area contributed by atoms with Gasteiger partial charge in [0.15, 0.2) is 5.65 Å². The van der Waals surface area contributed by atoms with E-state index in [0.29, 0.717) is 22.1 Å². The minimum absolute atomic E-state index is 0.381. The molecular formula is C12H8BrClN4. The van der Waals surface area contributed by atoms with Crippen LogP contribution in [0.4, 0.5) is 5.95 Å².